The Kier molecular flexibility index (Phi) is 8.35. The van der Waals surface area contributed by atoms with Gasteiger partial charge in [0.05, 0.1) is 18.6 Å². The topological polar surface area (TPSA) is 67.9 Å². The van der Waals surface area contributed by atoms with E-state index in [0.717, 1.165) is 24.8 Å². The molecule has 168 valence electrons. The van der Waals surface area contributed by atoms with Crippen LogP contribution in [-0.4, -0.2) is 43.0 Å². The molecule has 1 N–H and O–H groups in total. The predicted octanol–water partition coefficient (Wildman–Crippen LogP) is 4.49. The van der Waals surface area contributed by atoms with Gasteiger partial charge in [0, 0.05) is 13.1 Å². The Labute approximate surface area is 188 Å². The number of ether oxygens (including phenoxy) is 2. The number of thiophene rings is 1. The van der Waals surface area contributed by atoms with Crippen LogP contribution >= 0.6 is 11.3 Å². The van der Waals surface area contributed by atoms with Crippen molar-refractivity contribution in [1.82, 2.24) is 10.2 Å². The number of hydrogen-bond donors (Lipinski definition) is 1. The lowest BCUT2D eigenvalue weighted by Crippen LogP contribution is -2.51. The number of amides is 2. The number of likely N-dealkylation sites (tertiary alicyclic amines) is 1. The lowest BCUT2D eigenvalue weighted by molar-refractivity contribution is -0.126. The first-order valence-electron chi connectivity index (χ1n) is 10.9. The van der Waals surface area contributed by atoms with Gasteiger partial charge >= 0.3 is 0 Å². The molecule has 1 atom stereocenters. The zero-order valence-electron chi connectivity index (χ0n) is 18.6. The molecule has 0 saturated carbocycles. The van der Waals surface area contributed by atoms with E-state index in [9.17, 15) is 9.59 Å². The van der Waals surface area contributed by atoms with E-state index in [1.54, 1.807) is 12.0 Å². The second kappa shape index (κ2) is 11.2. The van der Waals surface area contributed by atoms with E-state index in [2.05, 4.69) is 19.2 Å². The number of benzene rings is 1. The van der Waals surface area contributed by atoms with E-state index in [0.29, 0.717) is 48.4 Å². The SMILES string of the molecule is COc1cc(CNC(=O)C2CCCCN2C(=O)c2cccs2)ccc1OCCC(C)C. The van der Waals surface area contributed by atoms with Crippen LogP contribution in [0.4, 0.5) is 0 Å². The van der Waals surface area contributed by atoms with Crippen LogP contribution < -0.4 is 14.8 Å². The van der Waals surface area contributed by atoms with Crippen molar-refractivity contribution in [3.8, 4) is 11.5 Å². The summed E-state index contributed by atoms with van der Waals surface area (Å²) in [7, 11) is 1.61. The summed E-state index contributed by atoms with van der Waals surface area (Å²) in [5.74, 6) is 1.77. The molecule has 7 heteroatoms. The van der Waals surface area contributed by atoms with Crippen molar-refractivity contribution < 1.29 is 19.1 Å². The Morgan fingerprint density at radius 2 is 2.06 bits per heavy atom. The molecular weight excluding hydrogens is 412 g/mol. The fraction of sp³-hybridized carbons (Fsp3) is 0.500. The van der Waals surface area contributed by atoms with E-state index in [1.165, 1.54) is 11.3 Å². The zero-order valence-corrected chi connectivity index (χ0v) is 19.4. The number of hydrogen-bond acceptors (Lipinski definition) is 5. The molecule has 0 spiro atoms. The second-order valence-electron chi connectivity index (χ2n) is 8.22. The molecule has 1 aromatic heterocycles. The molecule has 2 aromatic rings. The first-order chi connectivity index (χ1) is 15.0. The summed E-state index contributed by atoms with van der Waals surface area (Å²) in [5, 5.41) is 4.89. The summed E-state index contributed by atoms with van der Waals surface area (Å²) in [4.78, 5) is 28.1. The highest BCUT2D eigenvalue weighted by Gasteiger charge is 2.32. The molecular formula is C24H32N2O4S. The van der Waals surface area contributed by atoms with Crippen LogP contribution in [0.25, 0.3) is 0 Å². The standard InChI is InChI=1S/C24H32N2O4S/c1-17(2)11-13-30-20-10-9-18(15-21(20)29-3)16-25-23(27)19-7-4-5-12-26(19)24(28)22-8-6-14-31-22/h6,8-10,14-15,17,19H,4-5,7,11-13,16H2,1-3H3,(H,25,27). The van der Waals surface area contributed by atoms with E-state index in [1.807, 2.05) is 35.7 Å². The highest BCUT2D eigenvalue weighted by atomic mass is 32.1. The van der Waals surface area contributed by atoms with Gasteiger partial charge in [-0.1, -0.05) is 26.0 Å². The Hall–Kier alpha value is -2.54. The van der Waals surface area contributed by atoms with Gasteiger partial charge in [-0.15, -0.1) is 11.3 Å². The van der Waals surface area contributed by atoms with E-state index in [-0.39, 0.29) is 11.8 Å². The molecule has 1 aliphatic heterocycles. The zero-order chi connectivity index (χ0) is 22.2. The largest absolute Gasteiger partial charge is 0.493 e. The average Bonchev–Trinajstić information content (AvgIpc) is 3.32. The molecule has 0 aliphatic carbocycles. The summed E-state index contributed by atoms with van der Waals surface area (Å²) < 4.78 is 11.3. The normalized spacial score (nSPS) is 16.3. The van der Waals surface area contributed by atoms with Gasteiger partial charge in [0.2, 0.25) is 5.91 Å². The molecule has 1 aliphatic rings. The van der Waals surface area contributed by atoms with Crippen LogP contribution in [-0.2, 0) is 11.3 Å². The molecule has 2 amide bonds. The molecule has 31 heavy (non-hydrogen) atoms. The lowest BCUT2D eigenvalue weighted by atomic mass is 10.0. The van der Waals surface area contributed by atoms with Crippen molar-refractivity contribution in [1.29, 1.82) is 0 Å². The van der Waals surface area contributed by atoms with Gasteiger partial charge in [-0.05, 0) is 60.7 Å². The third-order valence-electron chi connectivity index (χ3n) is 5.45. The van der Waals surface area contributed by atoms with Crippen molar-refractivity contribution >= 4 is 23.2 Å². The number of nitrogens with one attached hydrogen (secondary N) is 1. The monoisotopic (exact) mass is 444 g/mol. The maximum Gasteiger partial charge on any atom is 0.264 e. The number of carbonyl (C=O) groups excluding carboxylic acids is 2. The van der Waals surface area contributed by atoms with E-state index in [4.69, 9.17) is 9.47 Å². The van der Waals surface area contributed by atoms with Gasteiger partial charge in [0.1, 0.15) is 6.04 Å². The summed E-state index contributed by atoms with van der Waals surface area (Å²) in [6.45, 7) is 5.95. The van der Waals surface area contributed by atoms with Gasteiger partial charge in [-0.2, -0.15) is 0 Å². The first-order valence-corrected chi connectivity index (χ1v) is 11.8. The van der Waals surface area contributed by atoms with Crippen LogP contribution in [0.1, 0.15) is 54.8 Å². The summed E-state index contributed by atoms with van der Waals surface area (Å²) in [5.41, 5.74) is 0.924. The van der Waals surface area contributed by atoms with Crippen LogP contribution in [0.15, 0.2) is 35.7 Å². The molecule has 1 saturated heterocycles. The van der Waals surface area contributed by atoms with Crippen molar-refractivity contribution in [3.63, 3.8) is 0 Å². The van der Waals surface area contributed by atoms with E-state index >= 15 is 0 Å². The Morgan fingerprint density at radius 1 is 1.23 bits per heavy atom. The molecule has 6 nitrogen and oxygen atoms in total. The molecule has 0 radical (unpaired) electrons. The van der Waals surface area contributed by atoms with Crippen LogP contribution in [0, 0.1) is 5.92 Å². The maximum absolute atomic E-state index is 12.9. The molecule has 2 heterocycles. The highest BCUT2D eigenvalue weighted by Crippen LogP contribution is 2.28. The fourth-order valence-electron chi connectivity index (χ4n) is 3.64. The highest BCUT2D eigenvalue weighted by molar-refractivity contribution is 7.12. The fourth-order valence-corrected chi connectivity index (χ4v) is 4.32. The smallest absolute Gasteiger partial charge is 0.264 e. The lowest BCUT2D eigenvalue weighted by Gasteiger charge is -2.34. The third-order valence-corrected chi connectivity index (χ3v) is 6.30. The minimum Gasteiger partial charge on any atom is -0.493 e. The summed E-state index contributed by atoms with van der Waals surface area (Å²) in [6, 6.07) is 8.95. The van der Waals surface area contributed by atoms with Crippen molar-refractivity contribution in [2.45, 2.75) is 52.1 Å². The Balaban J connectivity index is 1.60. The number of nitrogens with zero attached hydrogens (tertiary/aromatic N) is 1. The molecule has 1 unspecified atom stereocenters. The predicted molar refractivity (Wildman–Crippen MR) is 123 cm³/mol. The van der Waals surface area contributed by atoms with Crippen molar-refractivity contribution in [2.24, 2.45) is 5.92 Å². The first kappa shape index (κ1) is 23.1. The number of methoxy groups -OCH3 is 1. The van der Waals surface area contributed by atoms with Gasteiger partial charge in [0.15, 0.2) is 11.5 Å². The summed E-state index contributed by atoms with van der Waals surface area (Å²) in [6.07, 6.45) is 3.54. The van der Waals surface area contributed by atoms with Crippen LogP contribution in [0.3, 0.4) is 0 Å². The third kappa shape index (κ3) is 6.23. The van der Waals surface area contributed by atoms with Gasteiger partial charge < -0.3 is 19.7 Å². The average molecular weight is 445 g/mol. The van der Waals surface area contributed by atoms with Gasteiger partial charge in [-0.3, -0.25) is 9.59 Å². The number of piperidine rings is 1. The van der Waals surface area contributed by atoms with Crippen molar-refractivity contribution in [3.05, 3.63) is 46.2 Å². The van der Waals surface area contributed by atoms with Crippen LogP contribution in [0.2, 0.25) is 0 Å². The minimum atomic E-state index is -0.427. The minimum absolute atomic E-state index is 0.0561. The molecule has 1 fully saturated rings. The van der Waals surface area contributed by atoms with Gasteiger partial charge in [-0.25, -0.2) is 0 Å². The maximum atomic E-state index is 12.9. The van der Waals surface area contributed by atoms with Crippen molar-refractivity contribution in [2.75, 3.05) is 20.3 Å². The summed E-state index contributed by atoms with van der Waals surface area (Å²) >= 11 is 1.41. The molecule has 3 rings (SSSR count). The number of carbonyl (C=O) groups is 2. The van der Waals surface area contributed by atoms with Crippen LogP contribution in [0.5, 0.6) is 11.5 Å². The Bertz CT molecular complexity index is 866. The molecule has 0 bridgehead atoms. The molecule has 1 aromatic carbocycles. The quantitative estimate of drug-likeness (QED) is 0.619. The Morgan fingerprint density at radius 3 is 2.77 bits per heavy atom. The van der Waals surface area contributed by atoms with E-state index < -0.39 is 6.04 Å². The number of rotatable bonds is 9. The second-order valence-corrected chi connectivity index (χ2v) is 9.17. The van der Waals surface area contributed by atoms with Gasteiger partial charge in [0.25, 0.3) is 5.91 Å².